The molecule has 0 atom stereocenters. The molecule has 0 radical (unpaired) electrons. The van der Waals surface area contributed by atoms with E-state index >= 15 is 0 Å². The zero-order valence-electron chi connectivity index (χ0n) is 24.6. The van der Waals surface area contributed by atoms with E-state index in [9.17, 15) is 24.0 Å². The van der Waals surface area contributed by atoms with Gasteiger partial charge in [0, 0.05) is 36.7 Å². The molecule has 0 unspecified atom stereocenters. The number of nitrogens with zero attached hydrogens (tertiary/aromatic N) is 1. The second-order valence-corrected chi connectivity index (χ2v) is 14.6. The van der Waals surface area contributed by atoms with Crippen LogP contribution in [0.1, 0.15) is 56.7 Å². The van der Waals surface area contributed by atoms with Gasteiger partial charge in [-0.05, 0) is 29.8 Å². The van der Waals surface area contributed by atoms with Crippen LogP contribution in [-0.4, -0.2) is 33.8 Å². The molecule has 0 N–H and O–H groups in total. The number of ether oxygens (including phenoxy) is 1. The number of thiophene rings is 3. The SMILES string of the molecule is O=C1C(=Cc2cc3c(s2)c2sc4cc(C=C5C(=O)c6ccccc6C5=O)sc4c2n3C(=O)OCc2ccccc2)C(=O)c2ccccc21. The summed E-state index contributed by atoms with van der Waals surface area (Å²) in [5.41, 5.74) is 3.92. The summed E-state index contributed by atoms with van der Waals surface area (Å²) in [5.74, 6) is -1.22. The number of ketones is 4. The molecule has 0 amide bonds. The average Bonchev–Trinajstić information content (AvgIpc) is 3.92. The zero-order valence-corrected chi connectivity index (χ0v) is 27.1. The lowest BCUT2D eigenvalue weighted by Crippen LogP contribution is -2.13. The first-order valence-corrected chi connectivity index (χ1v) is 17.3. The molecule has 10 heteroatoms. The monoisotopic (exact) mass is 681 g/mol. The molecule has 9 rings (SSSR count). The number of carbonyl (C=O) groups is 5. The predicted octanol–water partition coefficient (Wildman–Crippen LogP) is 9.24. The van der Waals surface area contributed by atoms with Gasteiger partial charge in [-0.2, -0.15) is 0 Å². The lowest BCUT2D eigenvalue weighted by atomic mass is 10.1. The lowest BCUT2D eigenvalue weighted by molar-refractivity contribution is 0.0975. The Morgan fingerprint density at radius 3 is 1.67 bits per heavy atom. The quantitative estimate of drug-likeness (QED) is 0.136. The number of carbonyl (C=O) groups excluding carboxylic acids is 5. The highest BCUT2D eigenvalue weighted by Gasteiger charge is 2.34. The maximum absolute atomic E-state index is 13.9. The fourth-order valence-electron chi connectivity index (χ4n) is 6.31. The van der Waals surface area contributed by atoms with Crippen molar-refractivity contribution in [3.8, 4) is 0 Å². The van der Waals surface area contributed by atoms with Gasteiger partial charge in [0.2, 0.25) is 0 Å². The van der Waals surface area contributed by atoms with Crippen LogP contribution in [0.15, 0.2) is 102 Å². The van der Waals surface area contributed by atoms with E-state index in [1.54, 1.807) is 65.3 Å². The van der Waals surface area contributed by atoms with Crippen LogP contribution in [0.2, 0.25) is 0 Å². The standard InChI is InChI=1S/C38H19NO6S3/c40-31-22-10-4-5-11-23(22)32(41)26(31)14-20-16-28-35(46-20)37-30(39(28)38(44)45-18-19-8-2-1-3-9-19)36-29(48-37)17-21(47-36)15-27-33(42)24-12-6-7-13-25(24)34(27)43/h1-17H,18H2. The van der Waals surface area contributed by atoms with E-state index in [0.29, 0.717) is 38.2 Å². The number of hydrogen-bond donors (Lipinski definition) is 0. The highest BCUT2D eigenvalue weighted by Crippen LogP contribution is 2.48. The Labute approximate surface area is 283 Å². The molecule has 0 bridgehead atoms. The van der Waals surface area contributed by atoms with Crippen molar-refractivity contribution < 1.29 is 28.7 Å². The Hall–Kier alpha value is -5.55. The summed E-state index contributed by atoms with van der Waals surface area (Å²) in [6, 6.07) is 26.7. The van der Waals surface area contributed by atoms with Crippen molar-refractivity contribution in [1.29, 1.82) is 0 Å². The van der Waals surface area contributed by atoms with Gasteiger partial charge in [-0.15, -0.1) is 34.0 Å². The van der Waals surface area contributed by atoms with Crippen molar-refractivity contribution in [2.45, 2.75) is 6.61 Å². The summed E-state index contributed by atoms with van der Waals surface area (Å²) >= 11 is 4.29. The van der Waals surface area contributed by atoms with Gasteiger partial charge < -0.3 is 4.74 Å². The predicted molar refractivity (Wildman–Crippen MR) is 189 cm³/mol. The molecule has 48 heavy (non-hydrogen) atoms. The minimum absolute atomic E-state index is 0.0724. The Kier molecular flexibility index (Phi) is 6.41. The van der Waals surface area contributed by atoms with Gasteiger partial charge >= 0.3 is 6.09 Å². The molecule has 4 heterocycles. The first-order chi connectivity index (χ1) is 23.4. The van der Waals surface area contributed by atoms with Crippen molar-refractivity contribution in [2.75, 3.05) is 0 Å². The smallest absolute Gasteiger partial charge is 0.419 e. The lowest BCUT2D eigenvalue weighted by Gasteiger charge is -2.07. The van der Waals surface area contributed by atoms with Crippen LogP contribution in [-0.2, 0) is 11.3 Å². The Morgan fingerprint density at radius 1 is 0.604 bits per heavy atom. The number of Topliss-reactive ketones (excluding diaryl/α,β-unsaturated/α-hetero) is 4. The summed E-state index contributed by atoms with van der Waals surface area (Å²) in [5, 5.41) is 0. The fraction of sp³-hybridized carbons (Fsp3) is 0.0263. The van der Waals surface area contributed by atoms with Gasteiger partial charge in [-0.25, -0.2) is 9.36 Å². The number of fused-ring (bicyclic) bond motifs is 7. The van der Waals surface area contributed by atoms with Gasteiger partial charge in [0.05, 0.1) is 36.3 Å². The van der Waals surface area contributed by atoms with E-state index in [0.717, 1.165) is 29.2 Å². The van der Waals surface area contributed by atoms with E-state index < -0.39 is 6.09 Å². The third kappa shape index (κ3) is 4.27. The van der Waals surface area contributed by atoms with Crippen LogP contribution in [0.25, 0.3) is 42.0 Å². The van der Waals surface area contributed by atoms with Crippen LogP contribution < -0.4 is 0 Å². The van der Waals surface area contributed by atoms with Gasteiger partial charge in [0.25, 0.3) is 0 Å². The second kappa shape index (κ2) is 10.7. The number of benzene rings is 3. The summed E-state index contributed by atoms with van der Waals surface area (Å²) in [7, 11) is 0. The molecule has 3 aromatic carbocycles. The van der Waals surface area contributed by atoms with E-state index in [1.165, 1.54) is 34.0 Å². The molecule has 0 saturated heterocycles. The van der Waals surface area contributed by atoms with E-state index in [2.05, 4.69) is 0 Å². The zero-order chi connectivity index (χ0) is 32.7. The number of rotatable bonds is 4. The highest BCUT2D eigenvalue weighted by atomic mass is 32.1. The molecule has 7 aromatic rings. The highest BCUT2D eigenvalue weighted by molar-refractivity contribution is 7.36. The summed E-state index contributed by atoms with van der Waals surface area (Å²) in [6.07, 6.45) is 2.67. The Bertz CT molecular complexity index is 2590. The van der Waals surface area contributed by atoms with E-state index in [4.69, 9.17) is 4.74 Å². The molecular weight excluding hydrogens is 663 g/mol. The van der Waals surface area contributed by atoms with Crippen LogP contribution in [0.3, 0.4) is 0 Å². The van der Waals surface area contributed by atoms with Crippen molar-refractivity contribution in [1.82, 2.24) is 4.57 Å². The van der Waals surface area contributed by atoms with Crippen molar-refractivity contribution in [3.63, 3.8) is 0 Å². The summed E-state index contributed by atoms with van der Waals surface area (Å²) in [4.78, 5) is 67.6. The van der Waals surface area contributed by atoms with Crippen LogP contribution in [0.5, 0.6) is 0 Å². The first kappa shape index (κ1) is 28.7. The van der Waals surface area contributed by atoms with Crippen molar-refractivity contribution in [3.05, 3.63) is 140 Å². The molecule has 230 valence electrons. The number of allylic oxidation sites excluding steroid dienone is 2. The molecule has 4 aromatic heterocycles. The van der Waals surface area contributed by atoms with E-state index in [-0.39, 0.29) is 40.9 Å². The first-order valence-electron chi connectivity index (χ1n) is 14.9. The Morgan fingerprint density at radius 2 is 1.10 bits per heavy atom. The third-order valence-corrected chi connectivity index (χ3v) is 12.1. The molecule has 2 aliphatic rings. The molecule has 7 nitrogen and oxygen atoms in total. The molecule has 0 saturated carbocycles. The topological polar surface area (TPSA) is 99.5 Å². The minimum atomic E-state index is -0.569. The minimum Gasteiger partial charge on any atom is -0.444 e. The number of aromatic nitrogens is 1. The van der Waals surface area contributed by atoms with Gasteiger partial charge in [0.15, 0.2) is 23.1 Å². The van der Waals surface area contributed by atoms with Crippen molar-refractivity contribution >= 4 is 105 Å². The molecule has 2 aliphatic carbocycles. The van der Waals surface area contributed by atoms with Crippen LogP contribution in [0.4, 0.5) is 4.79 Å². The molecular formula is C38H19NO6S3. The van der Waals surface area contributed by atoms with Crippen LogP contribution >= 0.6 is 34.0 Å². The van der Waals surface area contributed by atoms with Gasteiger partial charge in [0.1, 0.15) is 6.61 Å². The normalized spacial score (nSPS) is 14.1. The molecule has 0 aliphatic heterocycles. The summed E-state index contributed by atoms with van der Waals surface area (Å²) < 4.78 is 10.8. The summed E-state index contributed by atoms with van der Waals surface area (Å²) in [6.45, 7) is 0.0724. The Balaban J connectivity index is 1.16. The van der Waals surface area contributed by atoms with E-state index in [1.807, 2.05) is 42.5 Å². The average molecular weight is 682 g/mol. The molecule has 0 spiro atoms. The molecule has 0 fully saturated rings. The maximum atomic E-state index is 13.9. The van der Waals surface area contributed by atoms with Gasteiger partial charge in [-0.1, -0.05) is 78.9 Å². The maximum Gasteiger partial charge on any atom is 0.419 e. The fourth-order valence-corrected chi connectivity index (χ4v) is 10.1. The second-order valence-electron chi connectivity index (χ2n) is 11.4. The number of hydrogen-bond acceptors (Lipinski definition) is 9. The van der Waals surface area contributed by atoms with Crippen molar-refractivity contribution in [2.24, 2.45) is 0 Å². The van der Waals surface area contributed by atoms with Gasteiger partial charge in [-0.3, -0.25) is 19.2 Å². The third-order valence-electron chi connectivity index (χ3n) is 8.53. The van der Waals surface area contributed by atoms with Crippen LogP contribution in [0, 0.1) is 0 Å². The largest absolute Gasteiger partial charge is 0.444 e.